The third kappa shape index (κ3) is 4.68. The summed E-state index contributed by atoms with van der Waals surface area (Å²) in [6, 6.07) is 8.04. The minimum Gasteiger partial charge on any atom is -0.398 e. The first kappa shape index (κ1) is 13.8. The van der Waals surface area contributed by atoms with Gasteiger partial charge in [0.15, 0.2) is 0 Å². The van der Waals surface area contributed by atoms with Gasteiger partial charge in [-0.05, 0) is 38.8 Å². The Labute approximate surface area is 94.0 Å². The molecule has 0 bridgehead atoms. The lowest BCUT2D eigenvalue weighted by atomic mass is 10.0. The molecule has 0 aromatic heterocycles. The van der Waals surface area contributed by atoms with Crippen molar-refractivity contribution < 1.29 is 0 Å². The fourth-order valence-corrected chi connectivity index (χ4v) is 1.16. The summed E-state index contributed by atoms with van der Waals surface area (Å²) in [6.07, 6.45) is 0.967. The zero-order chi connectivity index (χ0) is 11.8. The number of nitrogens with two attached hydrogens (primary N) is 1. The van der Waals surface area contributed by atoms with E-state index in [4.69, 9.17) is 5.73 Å². The maximum atomic E-state index is 5.85. The number of hydrogen-bond acceptors (Lipinski definition) is 1. The van der Waals surface area contributed by atoms with Crippen LogP contribution in [0.1, 0.15) is 40.2 Å². The number of allylic oxidation sites excluding steroid dienone is 2. The molecule has 2 N–H and O–H groups in total. The molecule has 0 spiro atoms. The molecular formula is C14H23N. The molecule has 84 valence electrons. The zero-order valence-electron chi connectivity index (χ0n) is 10.6. The lowest BCUT2D eigenvalue weighted by Crippen LogP contribution is -1.95. The zero-order valence-corrected chi connectivity index (χ0v) is 10.6. The van der Waals surface area contributed by atoms with E-state index in [2.05, 4.69) is 26.8 Å². The van der Waals surface area contributed by atoms with Crippen LogP contribution in [0, 0.1) is 0 Å². The van der Waals surface area contributed by atoms with Gasteiger partial charge in [0, 0.05) is 5.69 Å². The molecule has 1 heteroatoms. The molecule has 0 saturated carbocycles. The number of para-hydroxylation sites is 1. The van der Waals surface area contributed by atoms with Gasteiger partial charge in [0.2, 0.25) is 0 Å². The molecule has 0 heterocycles. The molecule has 0 aliphatic rings. The molecule has 0 aliphatic carbocycles. The van der Waals surface area contributed by atoms with E-state index in [1.807, 2.05) is 32.0 Å². The van der Waals surface area contributed by atoms with Crippen LogP contribution in [0.2, 0.25) is 0 Å². The van der Waals surface area contributed by atoms with Gasteiger partial charge in [-0.3, -0.25) is 0 Å². The Bertz CT molecular complexity index is 320. The summed E-state index contributed by atoms with van der Waals surface area (Å²) >= 11 is 0. The van der Waals surface area contributed by atoms with Crippen LogP contribution >= 0.6 is 0 Å². The normalized spacial score (nSPS) is 8.87. The molecule has 0 atom stereocenters. The fraction of sp³-hybridized carbons (Fsp3) is 0.429. The first-order valence-corrected chi connectivity index (χ1v) is 5.57. The van der Waals surface area contributed by atoms with E-state index in [-0.39, 0.29) is 0 Å². The third-order valence-corrected chi connectivity index (χ3v) is 2.36. The fourth-order valence-electron chi connectivity index (χ4n) is 1.16. The van der Waals surface area contributed by atoms with E-state index in [0.29, 0.717) is 0 Å². The Morgan fingerprint density at radius 1 is 1.07 bits per heavy atom. The summed E-state index contributed by atoms with van der Waals surface area (Å²) in [6.45, 7) is 10.4. The van der Waals surface area contributed by atoms with Crippen LogP contribution in [-0.4, -0.2) is 0 Å². The highest BCUT2D eigenvalue weighted by Crippen LogP contribution is 2.16. The molecule has 0 amide bonds. The monoisotopic (exact) mass is 205 g/mol. The van der Waals surface area contributed by atoms with Crippen molar-refractivity contribution in [1.29, 1.82) is 0 Å². The molecule has 0 fully saturated rings. The van der Waals surface area contributed by atoms with E-state index in [1.54, 1.807) is 0 Å². The van der Waals surface area contributed by atoms with Crippen LogP contribution in [0.5, 0.6) is 0 Å². The van der Waals surface area contributed by atoms with Crippen molar-refractivity contribution in [2.75, 3.05) is 5.73 Å². The van der Waals surface area contributed by atoms with Crippen molar-refractivity contribution >= 4 is 5.69 Å². The predicted molar refractivity (Wildman–Crippen MR) is 70.0 cm³/mol. The summed E-state index contributed by atoms with van der Waals surface area (Å²) in [7, 11) is 0. The highest BCUT2D eigenvalue weighted by atomic mass is 14.6. The quantitative estimate of drug-likeness (QED) is 0.568. The van der Waals surface area contributed by atoms with Crippen LogP contribution in [0.3, 0.4) is 0 Å². The van der Waals surface area contributed by atoms with Gasteiger partial charge in [-0.2, -0.15) is 0 Å². The number of anilines is 1. The third-order valence-electron chi connectivity index (χ3n) is 2.36. The van der Waals surface area contributed by atoms with Gasteiger partial charge in [0.25, 0.3) is 0 Å². The molecule has 0 unspecified atom stereocenters. The lowest BCUT2D eigenvalue weighted by molar-refractivity contribution is 1.09. The standard InChI is InChI=1S/C12H17N.C2H6/c1-9(2)10(3)8-11-6-4-5-7-12(11)13;1-2/h4-7H,8,13H2,1-3H3;1-2H3. The Kier molecular flexibility index (Phi) is 6.52. The second-order valence-corrected chi connectivity index (χ2v) is 3.66. The topological polar surface area (TPSA) is 26.0 Å². The maximum Gasteiger partial charge on any atom is 0.0349 e. The molecule has 1 aromatic carbocycles. The van der Waals surface area contributed by atoms with Gasteiger partial charge in [0.1, 0.15) is 0 Å². The van der Waals surface area contributed by atoms with E-state index in [1.165, 1.54) is 16.7 Å². The molecular weight excluding hydrogens is 182 g/mol. The second-order valence-electron chi connectivity index (χ2n) is 3.66. The smallest absolute Gasteiger partial charge is 0.0349 e. The average molecular weight is 205 g/mol. The SMILES string of the molecule is CC.CC(C)=C(C)Cc1ccccc1N. The second kappa shape index (κ2) is 7.10. The number of rotatable bonds is 2. The van der Waals surface area contributed by atoms with Crippen LogP contribution < -0.4 is 5.73 Å². The van der Waals surface area contributed by atoms with Gasteiger partial charge in [-0.1, -0.05) is 43.2 Å². The summed E-state index contributed by atoms with van der Waals surface area (Å²) < 4.78 is 0. The molecule has 1 nitrogen and oxygen atoms in total. The number of benzene rings is 1. The van der Waals surface area contributed by atoms with Gasteiger partial charge in [-0.15, -0.1) is 0 Å². The van der Waals surface area contributed by atoms with E-state index < -0.39 is 0 Å². The van der Waals surface area contributed by atoms with Gasteiger partial charge >= 0.3 is 0 Å². The first-order valence-electron chi connectivity index (χ1n) is 5.57. The van der Waals surface area contributed by atoms with Gasteiger partial charge in [-0.25, -0.2) is 0 Å². The van der Waals surface area contributed by atoms with Crippen molar-refractivity contribution in [2.24, 2.45) is 0 Å². The van der Waals surface area contributed by atoms with E-state index >= 15 is 0 Å². The van der Waals surface area contributed by atoms with Crippen molar-refractivity contribution in [1.82, 2.24) is 0 Å². The summed E-state index contributed by atoms with van der Waals surface area (Å²) in [5, 5.41) is 0. The highest BCUT2D eigenvalue weighted by Gasteiger charge is 1.99. The van der Waals surface area contributed by atoms with Crippen LogP contribution in [0.4, 0.5) is 5.69 Å². The average Bonchev–Trinajstić information content (AvgIpc) is 2.24. The molecule has 15 heavy (non-hydrogen) atoms. The molecule has 0 radical (unpaired) electrons. The van der Waals surface area contributed by atoms with Crippen LogP contribution in [0.25, 0.3) is 0 Å². The Balaban J connectivity index is 0.000000921. The van der Waals surface area contributed by atoms with Crippen molar-refractivity contribution in [3.05, 3.63) is 41.0 Å². The highest BCUT2D eigenvalue weighted by molar-refractivity contribution is 5.48. The van der Waals surface area contributed by atoms with Crippen LogP contribution in [0.15, 0.2) is 35.4 Å². The maximum absolute atomic E-state index is 5.85. The molecule has 0 aliphatic heterocycles. The van der Waals surface area contributed by atoms with Crippen molar-refractivity contribution in [2.45, 2.75) is 41.0 Å². The van der Waals surface area contributed by atoms with Gasteiger partial charge in [0.05, 0.1) is 0 Å². The number of hydrogen-bond donors (Lipinski definition) is 1. The summed E-state index contributed by atoms with van der Waals surface area (Å²) in [5.74, 6) is 0. The Morgan fingerprint density at radius 2 is 1.60 bits per heavy atom. The molecule has 0 saturated heterocycles. The van der Waals surface area contributed by atoms with Crippen molar-refractivity contribution in [3.8, 4) is 0 Å². The molecule has 1 rings (SSSR count). The van der Waals surface area contributed by atoms with E-state index in [0.717, 1.165) is 12.1 Å². The van der Waals surface area contributed by atoms with Crippen LogP contribution in [-0.2, 0) is 6.42 Å². The Hall–Kier alpha value is -1.24. The van der Waals surface area contributed by atoms with Gasteiger partial charge < -0.3 is 5.73 Å². The van der Waals surface area contributed by atoms with Crippen molar-refractivity contribution in [3.63, 3.8) is 0 Å². The predicted octanol–water partition coefficient (Wildman–Crippen LogP) is 4.19. The summed E-state index contributed by atoms with van der Waals surface area (Å²) in [4.78, 5) is 0. The largest absolute Gasteiger partial charge is 0.398 e. The van der Waals surface area contributed by atoms with E-state index in [9.17, 15) is 0 Å². The minimum atomic E-state index is 0.892. The Morgan fingerprint density at radius 3 is 2.07 bits per heavy atom. The minimum absolute atomic E-state index is 0.892. The first-order chi connectivity index (χ1) is 7.11. The molecule has 1 aromatic rings. The number of nitrogen functional groups attached to an aromatic ring is 1. The lowest BCUT2D eigenvalue weighted by Gasteiger charge is -2.06. The summed E-state index contributed by atoms with van der Waals surface area (Å²) in [5.41, 5.74) is 10.7.